The van der Waals surface area contributed by atoms with Gasteiger partial charge in [-0.1, -0.05) is 48.5 Å². The number of ether oxygens (including phenoxy) is 1. The van der Waals surface area contributed by atoms with E-state index in [1.807, 2.05) is 30.3 Å². The maximum atomic E-state index is 12.4. The number of hydrogen-bond acceptors (Lipinski definition) is 5. The zero-order valence-corrected chi connectivity index (χ0v) is 15.7. The molecule has 0 bridgehead atoms. The lowest BCUT2D eigenvalue weighted by atomic mass is 10.1. The molecule has 28 heavy (non-hydrogen) atoms. The summed E-state index contributed by atoms with van der Waals surface area (Å²) in [4.78, 5) is 41.1. The van der Waals surface area contributed by atoms with Crippen LogP contribution in [0.15, 0.2) is 64.2 Å². The molecule has 3 rings (SSSR count). The van der Waals surface area contributed by atoms with Crippen LogP contribution in [0.2, 0.25) is 0 Å². The number of benzene rings is 2. The third-order valence-electron chi connectivity index (χ3n) is 3.89. The Hall–Kier alpha value is -3.32. The first kappa shape index (κ1) is 19.4. The molecule has 0 fully saturated rings. The Morgan fingerprint density at radius 2 is 1.50 bits per heavy atom. The van der Waals surface area contributed by atoms with Crippen molar-refractivity contribution in [3.63, 3.8) is 0 Å². The summed E-state index contributed by atoms with van der Waals surface area (Å²) in [5.74, 6) is -0.404. The smallest absolute Gasteiger partial charge is 0.315 e. The number of nitrogens with one attached hydrogen (secondary N) is 2. The number of carbonyl (C=O) groups is 1. The number of carbonyl (C=O) groups excluding carboxylic acids is 1. The van der Waals surface area contributed by atoms with E-state index >= 15 is 0 Å². The Kier molecular flexibility index (Phi) is 6.29. The summed E-state index contributed by atoms with van der Waals surface area (Å²) < 4.78 is 5.04. The molecule has 0 aliphatic rings. The fourth-order valence-corrected chi connectivity index (χ4v) is 2.65. The minimum absolute atomic E-state index is 0.00871. The second-order valence-corrected chi connectivity index (χ2v) is 6.32. The van der Waals surface area contributed by atoms with Crippen molar-refractivity contribution in [2.75, 3.05) is 5.75 Å². The highest BCUT2D eigenvalue weighted by atomic mass is 32.1. The third kappa shape index (κ3) is 5.11. The van der Waals surface area contributed by atoms with Gasteiger partial charge in [0.2, 0.25) is 0 Å². The van der Waals surface area contributed by atoms with Crippen LogP contribution in [0, 0.1) is 0 Å². The van der Waals surface area contributed by atoms with Crippen molar-refractivity contribution in [3.05, 3.63) is 103 Å². The molecule has 0 atom stereocenters. The largest absolute Gasteiger partial charge is 0.460 e. The number of thiol groups is 1. The number of aromatic nitrogens is 2. The Bertz CT molecular complexity index is 1210. The average molecular weight is 394 g/mol. The first-order valence-electron chi connectivity index (χ1n) is 8.52. The highest BCUT2D eigenvalue weighted by Crippen LogP contribution is 2.07. The van der Waals surface area contributed by atoms with Gasteiger partial charge in [-0.25, -0.2) is 0 Å². The van der Waals surface area contributed by atoms with E-state index in [0.29, 0.717) is 5.56 Å². The number of esters is 1. The monoisotopic (exact) mass is 394 g/mol. The van der Waals surface area contributed by atoms with Crippen LogP contribution in [0.4, 0.5) is 0 Å². The van der Waals surface area contributed by atoms with Gasteiger partial charge >= 0.3 is 5.97 Å². The molecule has 142 valence electrons. The molecule has 7 heteroatoms. The summed E-state index contributed by atoms with van der Waals surface area (Å²) in [6.45, 7) is 0.110. The Balaban J connectivity index is 1.94. The number of H-pyrrole nitrogens is 2. The summed E-state index contributed by atoms with van der Waals surface area (Å²) >= 11 is 3.85. The van der Waals surface area contributed by atoms with Crippen molar-refractivity contribution in [3.8, 4) is 0 Å². The van der Waals surface area contributed by atoms with Gasteiger partial charge in [0.05, 0.1) is 5.75 Å². The van der Waals surface area contributed by atoms with E-state index in [-0.39, 0.29) is 23.1 Å². The Morgan fingerprint density at radius 1 is 0.893 bits per heavy atom. The molecule has 0 saturated heterocycles. The normalized spacial score (nSPS) is 12.2. The second kappa shape index (κ2) is 9.05. The van der Waals surface area contributed by atoms with E-state index in [4.69, 9.17) is 4.74 Å². The molecule has 6 nitrogen and oxygen atoms in total. The van der Waals surface area contributed by atoms with Gasteiger partial charge in [-0.15, -0.1) is 0 Å². The quantitative estimate of drug-likeness (QED) is 0.439. The Morgan fingerprint density at radius 3 is 2.14 bits per heavy atom. The van der Waals surface area contributed by atoms with Gasteiger partial charge < -0.3 is 14.7 Å². The average Bonchev–Trinajstić information content (AvgIpc) is 2.71. The Labute approximate surface area is 165 Å². The van der Waals surface area contributed by atoms with Gasteiger partial charge in [0.15, 0.2) is 0 Å². The van der Waals surface area contributed by atoms with E-state index in [9.17, 15) is 14.4 Å². The lowest BCUT2D eigenvalue weighted by Gasteiger charge is -2.04. The predicted molar refractivity (Wildman–Crippen MR) is 111 cm³/mol. The van der Waals surface area contributed by atoms with Gasteiger partial charge in [-0.3, -0.25) is 14.4 Å². The van der Waals surface area contributed by atoms with Gasteiger partial charge in [0.25, 0.3) is 11.1 Å². The topological polar surface area (TPSA) is 92.0 Å². The molecule has 2 N–H and O–H groups in total. The van der Waals surface area contributed by atoms with Crippen LogP contribution in [-0.4, -0.2) is 21.7 Å². The van der Waals surface area contributed by atoms with Crippen molar-refractivity contribution in [2.45, 2.75) is 6.61 Å². The molecule has 0 radical (unpaired) electrons. The van der Waals surface area contributed by atoms with Gasteiger partial charge in [0.1, 0.15) is 17.3 Å². The van der Waals surface area contributed by atoms with Crippen LogP contribution in [0.5, 0.6) is 0 Å². The highest BCUT2D eigenvalue weighted by molar-refractivity contribution is 7.81. The van der Waals surface area contributed by atoms with Gasteiger partial charge in [-0.05, 0) is 34.9 Å². The van der Waals surface area contributed by atoms with Crippen LogP contribution < -0.4 is 21.8 Å². The molecule has 1 heterocycles. The van der Waals surface area contributed by atoms with E-state index in [1.54, 1.807) is 36.4 Å². The standard InChI is InChI=1S/C21H18N2O4S/c24-19(13-28)27-12-16-8-4-7-15(9-16)11-18-21(26)22-17(20(25)23-18)10-14-5-2-1-3-6-14/h1-11,28H,12-13H2,(H,22,26)(H,23,25). The maximum absolute atomic E-state index is 12.4. The molecule has 0 saturated carbocycles. The van der Waals surface area contributed by atoms with E-state index in [0.717, 1.165) is 11.1 Å². The summed E-state index contributed by atoms with van der Waals surface area (Å²) in [6.07, 6.45) is 3.18. The highest BCUT2D eigenvalue weighted by Gasteiger charge is 2.01. The number of rotatable bonds is 5. The van der Waals surface area contributed by atoms with Crippen LogP contribution in [-0.2, 0) is 16.1 Å². The lowest BCUT2D eigenvalue weighted by Crippen LogP contribution is -2.46. The summed E-state index contributed by atoms with van der Waals surface area (Å²) in [5.41, 5.74) is 1.46. The van der Waals surface area contributed by atoms with E-state index < -0.39 is 17.1 Å². The second-order valence-electron chi connectivity index (χ2n) is 6.00. The SMILES string of the molecule is O=C(CS)OCc1cccc(C=c2[nH]c(=O)c(=Cc3ccccc3)[nH]c2=O)c1. The van der Waals surface area contributed by atoms with E-state index in [2.05, 4.69) is 22.6 Å². The van der Waals surface area contributed by atoms with E-state index in [1.165, 1.54) is 0 Å². The molecular formula is C21H18N2O4S. The number of hydrogen-bond donors (Lipinski definition) is 3. The van der Waals surface area contributed by atoms with Crippen LogP contribution in [0.1, 0.15) is 16.7 Å². The fraction of sp³-hybridized carbons (Fsp3) is 0.0952. The number of aromatic amines is 2. The summed E-state index contributed by atoms with van der Waals surface area (Å²) in [7, 11) is 0. The lowest BCUT2D eigenvalue weighted by molar-refractivity contribution is -0.141. The van der Waals surface area contributed by atoms with Crippen molar-refractivity contribution >= 4 is 30.8 Å². The third-order valence-corrected chi connectivity index (χ3v) is 4.15. The molecule has 3 aromatic rings. The molecule has 0 amide bonds. The van der Waals surface area contributed by atoms with Crippen LogP contribution in [0.3, 0.4) is 0 Å². The molecule has 0 aliphatic carbocycles. The van der Waals surface area contributed by atoms with Crippen molar-refractivity contribution < 1.29 is 9.53 Å². The zero-order chi connectivity index (χ0) is 19.9. The predicted octanol–water partition coefficient (Wildman–Crippen LogP) is 0.694. The van der Waals surface area contributed by atoms with Crippen LogP contribution >= 0.6 is 12.6 Å². The van der Waals surface area contributed by atoms with Crippen molar-refractivity contribution in [1.29, 1.82) is 0 Å². The van der Waals surface area contributed by atoms with Gasteiger partial charge in [0, 0.05) is 0 Å². The molecule has 0 unspecified atom stereocenters. The molecule has 0 aliphatic heterocycles. The summed E-state index contributed by atoms with van der Waals surface area (Å²) in [5, 5.41) is 0.320. The molecular weight excluding hydrogens is 376 g/mol. The summed E-state index contributed by atoms with van der Waals surface area (Å²) in [6, 6.07) is 16.4. The molecule has 1 aromatic heterocycles. The van der Waals surface area contributed by atoms with Crippen LogP contribution in [0.25, 0.3) is 12.2 Å². The minimum Gasteiger partial charge on any atom is -0.460 e. The fourth-order valence-electron chi connectivity index (χ4n) is 2.56. The molecule has 2 aromatic carbocycles. The minimum atomic E-state index is -0.413. The first-order chi connectivity index (χ1) is 13.5. The van der Waals surface area contributed by atoms with Gasteiger partial charge in [-0.2, -0.15) is 12.6 Å². The zero-order valence-electron chi connectivity index (χ0n) is 14.8. The first-order valence-corrected chi connectivity index (χ1v) is 9.15. The van der Waals surface area contributed by atoms with Crippen molar-refractivity contribution in [1.82, 2.24) is 9.97 Å². The maximum Gasteiger partial charge on any atom is 0.315 e. The molecule has 0 spiro atoms. The van der Waals surface area contributed by atoms with Crippen molar-refractivity contribution in [2.24, 2.45) is 0 Å².